The van der Waals surface area contributed by atoms with E-state index >= 15 is 0 Å². The SMILES string of the molecule is CCNC(=O)c1ccc(NC(=O)CC2CCCN2)c(C)c1. The van der Waals surface area contributed by atoms with Crippen LogP contribution < -0.4 is 16.0 Å². The normalized spacial score (nSPS) is 17.5. The zero-order valence-corrected chi connectivity index (χ0v) is 12.7. The zero-order chi connectivity index (χ0) is 15.2. The number of nitrogens with one attached hydrogen (secondary N) is 3. The first-order chi connectivity index (χ1) is 10.1. The van der Waals surface area contributed by atoms with E-state index in [-0.39, 0.29) is 11.8 Å². The van der Waals surface area contributed by atoms with Crippen molar-refractivity contribution < 1.29 is 9.59 Å². The Morgan fingerprint density at radius 2 is 2.19 bits per heavy atom. The van der Waals surface area contributed by atoms with Gasteiger partial charge < -0.3 is 16.0 Å². The molecule has 1 saturated heterocycles. The molecule has 1 fully saturated rings. The fourth-order valence-electron chi connectivity index (χ4n) is 2.56. The van der Waals surface area contributed by atoms with Crippen LogP contribution in [0.2, 0.25) is 0 Å². The van der Waals surface area contributed by atoms with Crippen LogP contribution in [-0.2, 0) is 4.79 Å². The van der Waals surface area contributed by atoms with Crippen LogP contribution in [0.3, 0.4) is 0 Å². The average Bonchev–Trinajstić information content (AvgIpc) is 2.94. The molecule has 1 heterocycles. The Hall–Kier alpha value is -1.88. The van der Waals surface area contributed by atoms with Crippen molar-refractivity contribution in [2.24, 2.45) is 0 Å². The second kappa shape index (κ2) is 7.22. The predicted molar refractivity (Wildman–Crippen MR) is 83.5 cm³/mol. The lowest BCUT2D eigenvalue weighted by Crippen LogP contribution is -2.27. The van der Waals surface area contributed by atoms with Crippen molar-refractivity contribution in [3.05, 3.63) is 29.3 Å². The van der Waals surface area contributed by atoms with Gasteiger partial charge in [0.2, 0.25) is 5.91 Å². The molecule has 114 valence electrons. The summed E-state index contributed by atoms with van der Waals surface area (Å²) in [5, 5.41) is 9.00. The monoisotopic (exact) mass is 289 g/mol. The summed E-state index contributed by atoms with van der Waals surface area (Å²) in [6.07, 6.45) is 2.69. The minimum Gasteiger partial charge on any atom is -0.352 e. The summed E-state index contributed by atoms with van der Waals surface area (Å²) in [7, 11) is 0. The minimum absolute atomic E-state index is 0.0169. The number of carbonyl (C=O) groups is 2. The van der Waals surface area contributed by atoms with Gasteiger partial charge in [-0.15, -0.1) is 0 Å². The topological polar surface area (TPSA) is 70.2 Å². The second-order valence-corrected chi connectivity index (χ2v) is 5.43. The number of hydrogen-bond acceptors (Lipinski definition) is 3. The summed E-state index contributed by atoms with van der Waals surface area (Å²) < 4.78 is 0. The van der Waals surface area contributed by atoms with Gasteiger partial charge in [0.25, 0.3) is 5.91 Å². The summed E-state index contributed by atoms with van der Waals surface area (Å²) in [6, 6.07) is 5.62. The molecule has 1 aliphatic rings. The van der Waals surface area contributed by atoms with Crippen LogP contribution in [0.1, 0.15) is 42.1 Å². The van der Waals surface area contributed by atoms with E-state index in [0.29, 0.717) is 24.6 Å². The second-order valence-electron chi connectivity index (χ2n) is 5.43. The summed E-state index contributed by atoms with van der Waals surface area (Å²) in [6.45, 7) is 5.38. The zero-order valence-electron chi connectivity index (χ0n) is 12.7. The van der Waals surface area contributed by atoms with E-state index in [1.165, 1.54) is 0 Å². The molecule has 0 aromatic heterocycles. The average molecular weight is 289 g/mol. The Balaban J connectivity index is 1.96. The lowest BCUT2D eigenvalue weighted by Gasteiger charge is -2.13. The number of carbonyl (C=O) groups excluding carboxylic acids is 2. The van der Waals surface area contributed by atoms with Crippen LogP contribution in [-0.4, -0.2) is 30.9 Å². The molecule has 5 heteroatoms. The number of benzene rings is 1. The fraction of sp³-hybridized carbons (Fsp3) is 0.500. The van der Waals surface area contributed by atoms with E-state index in [9.17, 15) is 9.59 Å². The number of aryl methyl sites for hydroxylation is 1. The molecule has 1 atom stereocenters. The standard InChI is InChI=1S/C16H23N3O2/c1-3-17-16(21)12-6-7-14(11(2)9-12)19-15(20)10-13-5-4-8-18-13/h6-7,9,13,18H,3-5,8,10H2,1-2H3,(H,17,21)(H,19,20). The summed E-state index contributed by atoms with van der Waals surface area (Å²) in [5.74, 6) is -0.0723. The van der Waals surface area contributed by atoms with Crippen LogP contribution in [0.25, 0.3) is 0 Å². The van der Waals surface area contributed by atoms with E-state index in [0.717, 1.165) is 30.6 Å². The highest BCUT2D eigenvalue weighted by Gasteiger charge is 2.18. The van der Waals surface area contributed by atoms with E-state index in [4.69, 9.17) is 0 Å². The first-order valence-electron chi connectivity index (χ1n) is 7.52. The van der Waals surface area contributed by atoms with Crippen molar-refractivity contribution >= 4 is 17.5 Å². The van der Waals surface area contributed by atoms with Gasteiger partial charge in [-0.25, -0.2) is 0 Å². The van der Waals surface area contributed by atoms with Crippen LogP contribution in [0.4, 0.5) is 5.69 Å². The summed E-state index contributed by atoms with van der Waals surface area (Å²) in [4.78, 5) is 23.8. The van der Waals surface area contributed by atoms with Crippen molar-refractivity contribution in [3.8, 4) is 0 Å². The molecule has 0 aliphatic carbocycles. The molecule has 0 radical (unpaired) electrons. The van der Waals surface area contributed by atoms with Crippen LogP contribution in [0.15, 0.2) is 18.2 Å². The van der Waals surface area contributed by atoms with Gasteiger partial charge in [-0.3, -0.25) is 9.59 Å². The van der Waals surface area contributed by atoms with Crippen molar-refractivity contribution in [2.75, 3.05) is 18.4 Å². The first kappa shape index (κ1) is 15.5. The van der Waals surface area contributed by atoms with Gasteiger partial charge in [-0.05, 0) is 57.0 Å². The number of hydrogen-bond donors (Lipinski definition) is 3. The van der Waals surface area contributed by atoms with Crippen molar-refractivity contribution in [1.82, 2.24) is 10.6 Å². The number of amides is 2. The van der Waals surface area contributed by atoms with E-state index in [1.807, 2.05) is 13.8 Å². The molecule has 2 rings (SSSR count). The van der Waals surface area contributed by atoms with E-state index in [2.05, 4.69) is 16.0 Å². The third kappa shape index (κ3) is 4.29. The Bertz CT molecular complexity index is 522. The molecule has 5 nitrogen and oxygen atoms in total. The van der Waals surface area contributed by atoms with Gasteiger partial charge in [0, 0.05) is 30.3 Å². The molecule has 0 bridgehead atoms. The molecule has 1 unspecified atom stereocenters. The predicted octanol–water partition coefficient (Wildman–Crippen LogP) is 1.83. The van der Waals surface area contributed by atoms with Gasteiger partial charge >= 0.3 is 0 Å². The van der Waals surface area contributed by atoms with Crippen LogP contribution >= 0.6 is 0 Å². The quantitative estimate of drug-likeness (QED) is 0.774. The van der Waals surface area contributed by atoms with Crippen LogP contribution in [0, 0.1) is 6.92 Å². The Labute approximate surface area is 125 Å². The van der Waals surface area contributed by atoms with Gasteiger partial charge in [-0.1, -0.05) is 0 Å². The maximum atomic E-state index is 12.0. The highest BCUT2D eigenvalue weighted by molar-refractivity contribution is 5.96. The first-order valence-corrected chi connectivity index (χ1v) is 7.52. The molecule has 2 amide bonds. The van der Waals surface area contributed by atoms with E-state index in [1.54, 1.807) is 18.2 Å². The van der Waals surface area contributed by atoms with Gasteiger partial charge in [0.15, 0.2) is 0 Å². The Kier molecular flexibility index (Phi) is 5.33. The molecule has 0 spiro atoms. The molecular formula is C16H23N3O2. The van der Waals surface area contributed by atoms with Gasteiger partial charge in [0.05, 0.1) is 0 Å². The maximum Gasteiger partial charge on any atom is 0.251 e. The molecule has 3 N–H and O–H groups in total. The molecule has 1 aromatic rings. The van der Waals surface area contributed by atoms with Gasteiger partial charge in [-0.2, -0.15) is 0 Å². The van der Waals surface area contributed by atoms with Crippen LogP contribution in [0.5, 0.6) is 0 Å². The highest BCUT2D eigenvalue weighted by Crippen LogP contribution is 2.18. The number of rotatable bonds is 5. The molecular weight excluding hydrogens is 266 g/mol. The summed E-state index contributed by atoms with van der Waals surface area (Å²) in [5.41, 5.74) is 2.28. The minimum atomic E-state index is -0.0892. The van der Waals surface area contributed by atoms with Crippen molar-refractivity contribution in [3.63, 3.8) is 0 Å². The molecule has 21 heavy (non-hydrogen) atoms. The van der Waals surface area contributed by atoms with Crippen molar-refractivity contribution in [1.29, 1.82) is 0 Å². The largest absolute Gasteiger partial charge is 0.352 e. The third-order valence-electron chi connectivity index (χ3n) is 3.69. The Morgan fingerprint density at radius 3 is 2.81 bits per heavy atom. The fourth-order valence-corrected chi connectivity index (χ4v) is 2.56. The molecule has 1 aromatic carbocycles. The maximum absolute atomic E-state index is 12.0. The van der Waals surface area contributed by atoms with Gasteiger partial charge in [0.1, 0.15) is 0 Å². The molecule has 0 saturated carbocycles. The lowest BCUT2D eigenvalue weighted by atomic mass is 10.1. The highest BCUT2D eigenvalue weighted by atomic mass is 16.2. The third-order valence-corrected chi connectivity index (χ3v) is 3.69. The Morgan fingerprint density at radius 1 is 1.38 bits per heavy atom. The van der Waals surface area contributed by atoms with E-state index < -0.39 is 0 Å². The molecule has 1 aliphatic heterocycles. The summed E-state index contributed by atoms with van der Waals surface area (Å²) >= 11 is 0. The number of anilines is 1. The smallest absolute Gasteiger partial charge is 0.251 e. The lowest BCUT2D eigenvalue weighted by molar-refractivity contribution is -0.116. The van der Waals surface area contributed by atoms with Crippen molar-refractivity contribution in [2.45, 2.75) is 39.2 Å².